The first-order valence-corrected chi connectivity index (χ1v) is 6.33. The van der Waals surface area contributed by atoms with Gasteiger partial charge >= 0.3 is 0 Å². The van der Waals surface area contributed by atoms with Gasteiger partial charge < -0.3 is 15.8 Å². The predicted molar refractivity (Wildman–Crippen MR) is 66.8 cm³/mol. The van der Waals surface area contributed by atoms with E-state index in [1.807, 2.05) is 0 Å². The third-order valence-corrected chi connectivity index (χ3v) is 3.22. The van der Waals surface area contributed by atoms with Gasteiger partial charge in [-0.2, -0.15) is 0 Å². The van der Waals surface area contributed by atoms with Crippen LogP contribution in [0.15, 0.2) is 5.16 Å². The van der Waals surface area contributed by atoms with Crippen LogP contribution in [-0.2, 0) is 4.79 Å². The molecule has 1 aliphatic rings. The zero-order chi connectivity index (χ0) is 12.8. The molecule has 1 heterocycles. The van der Waals surface area contributed by atoms with Crippen molar-refractivity contribution in [3.63, 3.8) is 0 Å². The van der Waals surface area contributed by atoms with Crippen molar-refractivity contribution in [2.75, 3.05) is 6.54 Å². The fraction of sp³-hybridized carbons (Fsp3) is 0.833. The molecule has 98 valence electrons. The number of piperidine rings is 1. The second-order valence-corrected chi connectivity index (χ2v) is 5.06. The zero-order valence-electron chi connectivity index (χ0n) is 10.7. The van der Waals surface area contributed by atoms with Gasteiger partial charge in [0.2, 0.25) is 5.91 Å². The first kappa shape index (κ1) is 13.8. The van der Waals surface area contributed by atoms with E-state index in [1.165, 1.54) is 0 Å². The summed E-state index contributed by atoms with van der Waals surface area (Å²) >= 11 is 0. The third kappa shape index (κ3) is 3.91. The van der Waals surface area contributed by atoms with Gasteiger partial charge in [-0.15, -0.1) is 0 Å². The highest BCUT2D eigenvalue weighted by molar-refractivity contribution is 5.90. The lowest BCUT2D eigenvalue weighted by molar-refractivity contribution is -0.133. The van der Waals surface area contributed by atoms with E-state index in [2.05, 4.69) is 19.0 Å². The van der Waals surface area contributed by atoms with E-state index >= 15 is 0 Å². The average molecular weight is 241 g/mol. The van der Waals surface area contributed by atoms with E-state index in [0.717, 1.165) is 32.2 Å². The Morgan fingerprint density at radius 1 is 1.53 bits per heavy atom. The Bertz CT molecular complexity index is 289. The molecule has 1 fully saturated rings. The molecule has 1 aliphatic heterocycles. The topological polar surface area (TPSA) is 78.9 Å². The minimum atomic E-state index is -0.214. The molecule has 0 aliphatic carbocycles. The Labute approximate surface area is 103 Å². The first-order valence-electron chi connectivity index (χ1n) is 6.33. The molecule has 1 saturated heterocycles. The van der Waals surface area contributed by atoms with Crippen LogP contribution in [0, 0.1) is 5.92 Å². The zero-order valence-corrected chi connectivity index (χ0v) is 10.7. The van der Waals surface area contributed by atoms with E-state index in [9.17, 15) is 4.79 Å². The van der Waals surface area contributed by atoms with Crippen LogP contribution in [0.4, 0.5) is 0 Å². The molecule has 0 bridgehead atoms. The SMILES string of the molecule is CC(C)CCC(=O)N1CCCCC1C(N)=NO. The van der Waals surface area contributed by atoms with Crippen LogP contribution in [0.25, 0.3) is 0 Å². The maximum Gasteiger partial charge on any atom is 0.223 e. The van der Waals surface area contributed by atoms with Crippen LogP contribution in [0.1, 0.15) is 46.0 Å². The van der Waals surface area contributed by atoms with E-state index in [4.69, 9.17) is 10.9 Å². The minimum Gasteiger partial charge on any atom is -0.409 e. The maximum atomic E-state index is 12.1. The van der Waals surface area contributed by atoms with Gasteiger partial charge in [0, 0.05) is 13.0 Å². The van der Waals surface area contributed by atoms with Gasteiger partial charge in [0.25, 0.3) is 0 Å². The quantitative estimate of drug-likeness (QED) is 0.339. The molecule has 0 saturated carbocycles. The number of amides is 1. The van der Waals surface area contributed by atoms with E-state index in [1.54, 1.807) is 4.90 Å². The van der Waals surface area contributed by atoms with Crippen molar-refractivity contribution in [1.82, 2.24) is 4.90 Å². The number of oxime groups is 1. The molecular formula is C12H23N3O2. The number of carbonyl (C=O) groups excluding carboxylic acids is 1. The molecule has 1 atom stereocenters. The number of likely N-dealkylation sites (tertiary alicyclic amines) is 1. The Hall–Kier alpha value is -1.26. The largest absolute Gasteiger partial charge is 0.409 e. The summed E-state index contributed by atoms with van der Waals surface area (Å²) in [6.45, 7) is 4.92. The number of carbonyl (C=O) groups is 1. The molecule has 17 heavy (non-hydrogen) atoms. The predicted octanol–water partition coefficient (Wildman–Crippen LogP) is 1.55. The van der Waals surface area contributed by atoms with Crippen LogP contribution in [0.5, 0.6) is 0 Å². The molecule has 3 N–H and O–H groups in total. The monoisotopic (exact) mass is 241 g/mol. The summed E-state index contributed by atoms with van der Waals surface area (Å²) in [5.74, 6) is 0.795. The normalized spacial score (nSPS) is 21.9. The maximum absolute atomic E-state index is 12.1. The van der Waals surface area contributed by atoms with Crippen molar-refractivity contribution in [3.05, 3.63) is 0 Å². The molecule has 0 aromatic heterocycles. The second kappa shape index (κ2) is 6.47. The Balaban J connectivity index is 2.61. The third-order valence-electron chi connectivity index (χ3n) is 3.22. The second-order valence-electron chi connectivity index (χ2n) is 5.06. The molecular weight excluding hydrogens is 218 g/mol. The number of nitrogens with zero attached hydrogens (tertiary/aromatic N) is 2. The minimum absolute atomic E-state index is 0.120. The van der Waals surface area contributed by atoms with Crippen molar-refractivity contribution in [2.24, 2.45) is 16.8 Å². The summed E-state index contributed by atoms with van der Waals surface area (Å²) in [5, 5.41) is 11.8. The van der Waals surface area contributed by atoms with Gasteiger partial charge in [-0.25, -0.2) is 0 Å². The molecule has 1 unspecified atom stereocenters. The van der Waals surface area contributed by atoms with E-state index in [-0.39, 0.29) is 17.8 Å². The summed E-state index contributed by atoms with van der Waals surface area (Å²) in [6.07, 6.45) is 4.26. The standard InChI is InChI=1S/C12H23N3O2/c1-9(2)6-7-11(16)15-8-4-3-5-10(15)12(13)14-17/h9-10,17H,3-8H2,1-2H3,(H2,13,14). The summed E-state index contributed by atoms with van der Waals surface area (Å²) in [4.78, 5) is 13.8. The molecule has 0 aromatic rings. The molecule has 1 rings (SSSR count). The van der Waals surface area contributed by atoms with Crippen LogP contribution >= 0.6 is 0 Å². The molecule has 5 nitrogen and oxygen atoms in total. The van der Waals surface area contributed by atoms with Gasteiger partial charge in [-0.05, 0) is 31.6 Å². The highest BCUT2D eigenvalue weighted by atomic mass is 16.4. The highest BCUT2D eigenvalue weighted by Gasteiger charge is 2.29. The highest BCUT2D eigenvalue weighted by Crippen LogP contribution is 2.19. The Morgan fingerprint density at radius 2 is 2.24 bits per heavy atom. The molecule has 0 aromatic carbocycles. The van der Waals surface area contributed by atoms with Crippen LogP contribution in [-0.4, -0.2) is 34.4 Å². The van der Waals surface area contributed by atoms with Gasteiger partial charge in [-0.3, -0.25) is 4.79 Å². The van der Waals surface area contributed by atoms with Crippen LogP contribution in [0.2, 0.25) is 0 Å². The fourth-order valence-electron chi connectivity index (χ4n) is 2.16. The summed E-state index contributed by atoms with van der Waals surface area (Å²) in [7, 11) is 0. The number of hydrogen-bond donors (Lipinski definition) is 2. The molecule has 0 radical (unpaired) electrons. The lowest BCUT2D eigenvalue weighted by Gasteiger charge is -2.35. The van der Waals surface area contributed by atoms with Crippen molar-refractivity contribution in [2.45, 2.75) is 52.0 Å². The van der Waals surface area contributed by atoms with E-state index in [0.29, 0.717) is 12.3 Å². The summed E-state index contributed by atoms with van der Waals surface area (Å²) in [5.41, 5.74) is 5.64. The lowest BCUT2D eigenvalue weighted by atomic mass is 9.99. The number of rotatable bonds is 4. The molecule has 5 heteroatoms. The molecule has 1 amide bonds. The fourth-order valence-corrected chi connectivity index (χ4v) is 2.16. The average Bonchev–Trinajstić information content (AvgIpc) is 2.34. The Morgan fingerprint density at radius 3 is 2.82 bits per heavy atom. The van der Waals surface area contributed by atoms with Gasteiger partial charge in [0.15, 0.2) is 5.84 Å². The van der Waals surface area contributed by atoms with Crippen molar-refractivity contribution < 1.29 is 10.0 Å². The van der Waals surface area contributed by atoms with Crippen molar-refractivity contribution in [3.8, 4) is 0 Å². The Kier molecular flexibility index (Phi) is 5.25. The number of nitrogens with two attached hydrogens (primary N) is 1. The van der Waals surface area contributed by atoms with Crippen molar-refractivity contribution in [1.29, 1.82) is 0 Å². The van der Waals surface area contributed by atoms with Crippen LogP contribution < -0.4 is 5.73 Å². The van der Waals surface area contributed by atoms with Gasteiger partial charge in [-0.1, -0.05) is 19.0 Å². The van der Waals surface area contributed by atoms with Gasteiger partial charge in [0.05, 0.1) is 6.04 Å². The smallest absolute Gasteiger partial charge is 0.223 e. The summed E-state index contributed by atoms with van der Waals surface area (Å²) < 4.78 is 0. The van der Waals surface area contributed by atoms with Crippen LogP contribution in [0.3, 0.4) is 0 Å². The van der Waals surface area contributed by atoms with Crippen molar-refractivity contribution >= 4 is 11.7 Å². The van der Waals surface area contributed by atoms with E-state index < -0.39 is 0 Å². The summed E-state index contributed by atoms with van der Waals surface area (Å²) in [6, 6.07) is -0.214. The number of hydrogen-bond acceptors (Lipinski definition) is 3. The molecule has 0 spiro atoms. The lowest BCUT2D eigenvalue weighted by Crippen LogP contribution is -2.50. The first-order chi connectivity index (χ1) is 8.06. The number of amidine groups is 1. The van der Waals surface area contributed by atoms with Gasteiger partial charge in [0.1, 0.15) is 0 Å².